The summed E-state index contributed by atoms with van der Waals surface area (Å²) in [5.41, 5.74) is 2.15. The molecule has 1 fully saturated rings. The molecule has 0 unspecified atom stereocenters. The number of rotatable bonds is 4. The van der Waals surface area contributed by atoms with E-state index < -0.39 is 0 Å². The first-order valence-electron chi connectivity index (χ1n) is 5.87. The van der Waals surface area contributed by atoms with Crippen LogP contribution >= 0.6 is 0 Å². The predicted octanol–water partition coefficient (Wildman–Crippen LogP) is 2.74. The molecule has 17 heavy (non-hydrogen) atoms. The van der Waals surface area contributed by atoms with Gasteiger partial charge in [-0.05, 0) is 37.5 Å². The first-order valence-corrected chi connectivity index (χ1v) is 5.87. The summed E-state index contributed by atoms with van der Waals surface area (Å²) in [6, 6.07) is 8.54. The van der Waals surface area contributed by atoms with Crippen LogP contribution in [0.15, 0.2) is 18.2 Å². The van der Waals surface area contributed by atoms with Gasteiger partial charge in [0, 0.05) is 13.6 Å². The lowest BCUT2D eigenvalue weighted by atomic mass is 10.1. The summed E-state index contributed by atoms with van der Waals surface area (Å²) in [7, 11) is 3.70. The van der Waals surface area contributed by atoms with Gasteiger partial charge < -0.3 is 9.64 Å². The smallest absolute Gasteiger partial charge is 0.142 e. The van der Waals surface area contributed by atoms with Gasteiger partial charge in [-0.1, -0.05) is 6.07 Å². The molecule has 1 aliphatic rings. The number of hydrogen-bond acceptors (Lipinski definition) is 3. The van der Waals surface area contributed by atoms with E-state index in [0.717, 1.165) is 30.8 Å². The largest absolute Gasteiger partial charge is 0.495 e. The van der Waals surface area contributed by atoms with Crippen LogP contribution in [0.25, 0.3) is 0 Å². The zero-order valence-electron chi connectivity index (χ0n) is 10.7. The zero-order valence-corrected chi connectivity index (χ0v) is 10.7. The molecule has 90 valence electrons. The number of anilines is 1. The predicted molar refractivity (Wildman–Crippen MR) is 68.3 cm³/mol. The van der Waals surface area contributed by atoms with Crippen molar-refractivity contribution in [3.05, 3.63) is 23.8 Å². The van der Waals surface area contributed by atoms with Crippen molar-refractivity contribution in [2.75, 3.05) is 25.6 Å². The molecule has 0 saturated heterocycles. The van der Waals surface area contributed by atoms with Gasteiger partial charge >= 0.3 is 0 Å². The Morgan fingerprint density at radius 2 is 2.18 bits per heavy atom. The molecule has 0 radical (unpaired) electrons. The van der Waals surface area contributed by atoms with Crippen LogP contribution in [-0.2, 0) is 0 Å². The normalized spacial score (nSPS) is 16.1. The first kappa shape index (κ1) is 11.8. The fourth-order valence-electron chi connectivity index (χ4n) is 2.09. The number of nitrogens with zero attached hydrogens (tertiary/aromatic N) is 2. The van der Waals surface area contributed by atoms with Crippen LogP contribution in [0, 0.1) is 23.7 Å². The molecule has 3 heteroatoms. The second-order valence-corrected chi connectivity index (χ2v) is 4.92. The maximum Gasteiger partial charge on any atom is 0.142 e. The summed E-state index contributed by atoms with van der Waals surface area (Å²) in [5.74, 6) is 0.867. The van der Waals surface area contributed by atoms with Crippen LogP contribution in [0.1, 0.15) is 18.4 Å². The number of ether oxygens (including phenoxy) is 1. The van der Waals surface area contributed by atoms with E-state index in [1.54, 1.807) is 7.11 Å². The van der Waals surface area contributed by atoms with Crippen LogP contribution in [-0.4, -0.2) is 20.7 Å². The van der Waals surface area contributed by atoms with Crippen molar-refractivity contribution in [1.82, 2.24) is 0 Å². The van der Waals surface area contributed by atoms with Crippen LogP contribution in [0.5, 0.6) is 5.75 Å². The molecule has 1 aromatic carbocycles. The number of nitriles is 1. The van der Waals surface area contributed by atoms with Crippen LogP contribution in [0.3, 0.4) is 0 Å². The molecule has 0 aromatic heterocycles. The molecule has 0 heterocycles. The molecule has 1 saturated carbocycles. The molecular formula is C14H18N2O. The van der Waals surface area contributed by atoms with Crippen molar-refractivity contribution in [2.24, 2.45) is 5.41 Å². The molecule has 3 nitrogen and oxygen atoms in total. The summed E-state index contributed by atoms with van der Waals surface area (Å²) in [6.45, 7) is 2.84. The van der Waals surface area contributed by atoms with Crippen LogP contribution in [0.2, 0.25) is 0 Å². The third kappa shape index (κ3) is 2.36. The zero-order chi connectivity index (χ0) is 12.5. The number of benzene rings is 1. The third-order valence-electron chi connectivity index (χ3n) is 3.38. The van der Waals surface area contributed by atoms with Gasteiger partial charge in [-0.25, -0.2) is 0 Å². The maximum absolute atomic E-state index is 9.13. The van der Waals surface area contributed by atoms with E-state index >= 15 is 0 Å². The second kappa shape index (κ2) is 4.29. The lowest BCUT2D eigenvalue weighted by Crippen LogP contribution is -2.26. The van der Waals surface area contributed by atoms with Gasteiger partial charge in [-0.3, -0.25) is 0 Å². The molecule has 0 spiro atoms. The highest BCUT2D eigenvalue weighted by Crippen LogP contribution is 2.46. The SMILES string of the molecule is COc1ccc(C)cc1N(C)CC1(C#N)CC1. The summed E-state index contributed by atoms with van der Waals surface area (Å²) < 4.78 is 5.37. The lowest BCUT2D eigenvalue weighted by molar-refractivity contribution is 0.414. The Balaban J connectivity index is 2.21. The minimum Gasteiger partial charge on any atom is -0.495 e. The quantitative estimate of drug-likeness (QED) is 0.798. The summed E-state index contributed by atoms with van der Waals surface area (Å²) in [6.07, 6.45) is 2.03. The standard InChI is InChI=1S/C14H18N2O/c1-11-4-5-13(17-3)12(8-11)16(2)10-14(9-15)6-7-14/h4-5,8H,6-7,10H2,1-3H3. The highest BCUT2D eigenvalue weighted by molar-refractivity contribution is 5.60. The Labute approximate surface area is 103 Å². The number of hydrogen-bond donors (Lipinski definition) is 0. The Kier molecular flexibility index (Phi) is 2.97. The molecule has 0 bridgehead atoms. The highest BCUT2D eigenvalue weighted by Gasteiger charge is 2.44. The summed E-state index contributed by atoms with van der Waals surface area (Å²) in [4.78, 5) is 2.13. The molecule has 1 aliphatic carbocycles. The Hall–Kier alpha value is -1.69. The Bertz CT molecular complexity index is 458. The first-order chi connectivity index (χ1) is 8.10. The molecule has 0 atom stereocenters. The van der Waals surface area contributed by atoms with E-state index in [1.807, 2.05) is 19.2 Å². The van der Waals surface area contributed by atoms with E-state index in [1.165, 1.54) is 5.56 Å². The second-order valence-electron chi connectivity index (χ2n) is 4.92. The van der Waals surface area contributed by atoms with Crippen LogP contribution in [0.4, 0.5) is 5.69 Å². The van der Waals surface area contributed by atoms with Crippen LogP contribution < -0.4 is 9.64 Å². The van der Waals surface area contributed by atoms with E-state index in [4.69, 9.17) is 10.00 Å². The van der Waals surface area contributed by atoms with Gasteiger partial charge in [0.2, 0.25) is 0 Å². The fraction of sp³-hybridized carbons (Fsp3) is 0.500. The average Bonchev–Trinajstić information content (AvgIpc) is 3.09. The molecule has 0 aliphatic heterocycles. The lowest BCUT2D eigenvalue weighted by Gasteiger charge is -2.24. The highest BCUT2D eigenvalue weighted by atomic mass is 16.5. The van der Waals surface area contributed by atoms with Gasteiger partial charge in [0.1, 0.15) is 5.75 Å². The van der Waals surface area contributed by atoms with Crippen molar-refractivity contribution < 1.29 is 4.74 Å². The average molecular weight is 230 g/mol. The maximum atomic E-state index is 9.13. The van der Waals surface area contributed by atoms with Crippen molar-refractivity contribution in [3.63, 3.8) is 0 Å². The molecule has 0 N–H and O–H groups in total. The van der Waals surface area contributed by atoms with E-state index in [9.17, 15) is 0 Å². The van der Waals surface area contributed by atoms with Gasteiger partial charge in [0.15, 0.2) is 0 Å². The minimum atomic E-state index is -0.122. The topological polar surface area (TPSA) is 36.3 Å². The van der Waals surface area contributed by atoms with Crippen molar-refractivity contribution in [2.45, 2.75) is 19.8 Å². The molecule has 1 aromatic rings. The Morgan fingerprint density at radius 1 is 1.47 bits per heavy atom. The summed E-state index contributed by atoms with van der Waals surface area (Å²) >= 11 is 0. The van der Waals surface area contributed by atoms with Gasteiger partial charge in [0.25, 0.3) is 0 Å². The molecular weight excluding hydrogens is 212 g/mol. The van der Waals surface area contributed by atoms with Gasteiger partial charge in [-0.15, -0.1) is 0 Å². The summed E-state index contributed by atoms with van der Waals surface area (Å²) in [5, 5.41) is 9.13. The van der Waals surface area contributed by atoms with Crippen molar-refractivity contribution in [1.29, 1.82) is 5.26 Å². The van der Waals surface area contributed by atoms with Gasteiger partial charge in [-0.2, -0.15) is 5.26 Å². The van der Waals surface area contributed by atoms with Gasteiger partial charge in [0.05, 0.1) is 24.3 Å². The van der Waals surface area contributed by atoms with E-state index in [2.05, 4.69) is 24.0 Å². The third-order valence-corrected chi connectivity index (χ3v) is 3.38. The van der Waals surface area contributed by atoms with E-state index in [0.29, 0.717) is 0 Å². The number of methoxy groups -OCH3 is 1. The number of aryl methyl sites for hydroxylation is 1. The van der Waals surface area contributed by atoms with Crippen molar-refractivity contribution >= 4 is 5.69 Å². The monoisotopic (exact) mass is 230 g/mol. The minimum absolute atomic E-state index is 0.122. The van der Waals surface area contributed by atoms with E-state index in [-0.39, 0.29) is 5.41 Å². The molecule has 0 amide bonds. The fourth-order valence-corrected chi connectivity index (χ4v) is 2.09. The molecule has 2 rings (SSSR count). The Morgan fingerprint density at radius 3 is 2.71 bits per heavy atom. The van der Waals surface area contributed by atoms with Crippen molar-refractivity contribution in [3.8, 4) is 11.8 Å².